The Balaban J connectivity index is 5.98. The molecule has 0 bridgehead atoms. The van der Waals surface area contributed by atoms with Crippen molar-refractivity contribution in [2.24, 2.45) is 0 Å². The summed E-state index contributed by atoms with van der Waals surface area (Å²) in [4.78, 5) is 0. The van der Waals surface area contributed by atoms with Crippen molar-refractivity contribution >= 4 is 34.2 Å². The summed E-state index contributed by atoms with van der Waals surface area (Å²) >= 11 is 0. The Kier molecular flexibility index (Phi) is 13.9. The average molecular weight is 567 g/mol. The maximum absolute atomic E-state index is 7.18. The second-order valence-electron chi connectivity index (χ2n) is 12.3. The summed E-state index contributed by atoms with van der Waals surface area (Å²) in [5, 5.41) is -0.509. The lowest BCUT2D eigenvalue weighted by atomic mass is 10.0. The van der Waals surface area contributed by atoms with Crippen molar-refractivity contribution in [2.75, 3.05) is 13.2 Å². The van der Waals surface area contributed by atoms with Crippen molar-refractivity contribution < 1.29 is 22.1 Å². The van der Waals surface area contributed by atoms with Gasteiger partial charge in [0.2, 0.25) is 16.6 Å². The predicted octanol–water partition coefficient (Wildman–Crippen LogP) is 7.94. The van der Waals surface area contributed by atoms with Crippen molar-refractivity contribution in [2.45, 2.75) is 155 Å². The molecule has 5 atom stereocenters. The highest BCUT2D eigenvalue weighted by molar-refractivity contribution is 6.76. The van der Waals surface area contributed by atoms with E-state index in [0.717, 1.165) is 32.3 Å². The van der Waals surface area contributed by atoms with E-state index in [1.165, 1.54) is 0 Å². The van der Waals surface area contributed by atoms with Crippen LogP contribution in [0.15, 0.2) is 0 Å². The van der Waals surface area contributed by atoms with Gasteiger partial charge in [-0.1, -0.05) is 34.1 Å². The summed E-state index contributed by atoms with van der Waals surface area (Å²) in [6, 6.07) is 0. The van der Waals surface area contributed by atoms with Crippen molar-refractivity contribution in [3.05, 3.63) is 0 Å². The van der Waals surface area contributed by atoms with Crippen LogP contribution in [0.5, 0.6) is 0 Å². The van der Waals surface area contributed by atoms with Crippen LogP contribution in [0, 0.1) is 0 Å². The molecule has 5 unspecified atom stereocenters. The molecule has 0 aliphatic heterocycles. The molecule has 9 heteroatoms. The van der Waals surface area contributed by atoms with E-state index in [4.69, 9.17) is 22.1 Å². The molecule has 0 aromatic heterocycles. The van der Waals surface area contributed by atoms with Crippen LogP contribution in [0.3, 0.4) is 0 Å². The van der Waals surface area contributed by atoms with E-state index >= 15 is 0 Å². The second-order valence-corrected chi connectivity index (χ2v) is 27.1. The molecule has 0 saturated carbocycles. The Labute approximate surface area is 224 Å². The van der Waals surface area contributed by atoms with Crippen molar-refractivity contribution in [3.63, 3.8) is 0 Å². The molecule has 0 spiro atoms. The summed E-state index contributed by atoms with van der Waals surface area (Å²) in [6.45, 7) is 37.5. The average Bonchev–Trinajstić information content (AvgIpc) is 2.71. The second kappa shape index (κ2) is 13.6. The standard InChI is InChI=1S/C26H62O5Si4/c1-17-22-26(9,33(11,12)27-20-4)30-32(10)24(7,18-2)23(6)29-34(13,14)25(8,19-3)31-35(15,16)28-21-5/h23,32H,17-22H2,1-16H3. The first-order valence-corrected chi connectivity index (χ1v) is 24.9. The first kappa shape index (κ1) is 35.7. The molecule has 0 N–H and O–H groups in total. The van der Waals surface area contributed by atoms with Crippen LogP contribution < -0.4 is 0 Å². The van der Waals surface area contributed by atoms with Crippen molar-refractivity contribution in [1.82, 2.24) is 0 Å². The monoisotopic (exact) mass is 566 g/mol. The molecule has 0 aliphatic rings. The molecule has 35 heavy (non-hydrogen) atoms. The van der Waals surface area contributed by atoms with E-state index in [1.807, 2.05) is 6.92 Å². The largest absolute Gasteiger partial charge is 0.415 e. The van der Waals surface area contributed by atoms with Crippen LogP contribution >= 0.6 is 0 Å². The van der Waals surface area contributed by atoms with Gasteiger partial charge in [0.15, 0.2) is 9.04 Å². The van der Waals surface area contributed by atoms with Gasteiger partial charge in [0.25, 0.3) is 0 Å². The molecule has 0 rings (SSSR count). The Morgan fingerprint density at radius 1 is 0.743 bits per heavy atom. The van der Waals surface area contributed by atoms with Crippen LogP contribution in [0.4, 0.5) is 0 Å². The topological polar surface area (TPSA) is 46.2 Å². The first-order valence-electron chi connectivity index (χ1n) is 14.1. The minimum Gasteiger partial charge on any atom is -0.415 e. The Hall–Kier alpha value is 0.668. The maximum atomic E-state index is 7.18. The first-order chi connectivity index (χ1) is 15.8. The summed E-state index contributed by atoms with van der Waals surface area (Å²) < 4.78 is 33.5. The summed E-state index contributed by atoms with van der Waals surface area (Å²) in [7, 11) is -8.22. The summed E-state index contributed by atoms with van der Waals surface area (Å²) in [6.07, 6.45) is 4.18. The number of hydrogen-bond donors (Lipinski definition) is 0. The van der Waals surface area contributed by atoms with E-state index in [9.17, 15) is 0 Å². The van der Waals surface area contributed by atoms with Gasteiger partial charge in [0, 0.05) is 24.4 Å². The van der Waals surface area contributed by atoms with Crippen molar-refractivity contribution in [1.29, 1.82) is 0 Å². The molecule has 0 aliphatic carbocycles. The van der Waals surface area contributed by atoms with E-state index in [0.29, 0.717) is 6.61 Å². The molecule has 5 nitrogen and oxygen atoms in total. The van der Waals surface area contributed by atoms with Gasteiger partial charge < -0.3 is 22.1 Å². The highest BCUT2D eigenvalue weighted by Crippen LogP contribution is 2.45. The third kappa shape index (κ3) is 8.85. The van der Waals surface area contributed by atoms with Crippen LogP contribution in [0.1, 0.15) is 88.0 Å². The molecule has 0 aromatic rings. The maximum Gasteiger partial charge on any atom is 0.332 e. The zero-order valence-corrected chi connectivity index (χ0v) is 30.6. The van der Waals surface area contributed by atoms with Gasteiger partial charge in [-0.05, 0) is 99.7 Å². The predicted molar refractivity (Wildman–Crippen MR) is 162 cm³/mol. The fourth-order valence-electron chi connectivity index (χ4n) is 5.16. The van der Waals surface area contributed by atoms with E-state index in [1.54, 1.807) is 0 Å². The van der Waals surface area contributed by atoms with Crippen LogP contribution in [-0.2, 0) is 22.1 Å². The summed E-state index contributed by atoms with van der Waals surface area (Å²) in [5.74, 6) is 0. The Bertz CT molecular complexity index is 633. The molecule has 0 radical (unpaired) electrons. The van der Waals surface area contributed by atoms with E-state index < -0.39 is 34.2 Å². The molecule has 0 fully saturated rings. The fraction of sp³-hybridized carbons (Fsp3) is 1.00. The number of rotatable bonds is 18. The van der Waals surface area contributed by atoms with Crippen LogP contribution in [-0.4, -0.2) is 64.0 Å². The quantitative estimate of drug-likeness (QED) is 0.158. The van der Waals surface area contributed by atoms with E-state index in [-0.39, 0.29) is 21.6 Å². The molecular weight excluding hydrogens is 505 g/mol. The highest BCUT2D eigenvalue weighted by atomic mass is 28.4. The van der Waals surface area contributed by atoms with Gasteiger partial charge in [0.1, 0.15) is 0 Å². The third-order valence-corrected chi connectivity index (χ3v) is 22.8. The Morgan fingerprint density at radius 3 is 1.66 bits per heavy atom. The highest BCUT2D eigenvalue weighted by Gasteiger charge is 2.53. The molecule has 0 heterocycles. The number of hydrogen-bond acceptors (Lipinski definition) is 5. The zero-order valence-electron chi connectivity index (χ0n) is 26.4. The minimum atomic E-state index is -2.27. The molecule has 0 saturated heterocycles. The Morgan fingerprint density at radius 2 is 1.26 bits per heavy atom. The van der Waals surface area contributed by atoms with E-state index in [2.05, 4.69) is 101 Å². The lowest BCUT2D eigenvalue weighted by molar-refractivity contribution is 0.0487. The lowest BCUT2D eigenvalue weighted by Crippen LogP contribution is -2.63. The van der Waals surface area contributed by atoms with Gasteiger partial charge in [-0.2, -0.15) is 0 Å². The van der Waals surface area contributed by atoms with Gasteiger partial charge in [-0.25, -0.2) is 0 Å². The smallest absolute Gasteiger partial charge is 0.332 e. The molecule has 212 valence electrons. The van der Waals surface area contributed by atoms with Gasteiger partial charge in [0.05, 0.1) is 10.4 Å². The lowest BCUT2D eigenvalue weighted by Gasteiger charge is -2.51. The van der Waals surface area contributed by atoms with Gasteiger partial charge in [-0.15, -0.1) is 0 Å². The SMILES string of the molecule is CCCC(C)(O[SiH](C)C(C)(CC)C(C)O[Si](C)(C)C(C)(CC)O[Si](C)(C)OCC)[Si](C)(C)OCC. The molecule has 0 amide bonds. The molecule has 0 aromatic carbocycles. The van der Waals surface area contributed by atoms with Gasteiger partial charge in [-0.3, -0.25) is 0 Å². The van der Waals surface area contributed by atoms with Crippen LogP contribution in [0.25, 0.3) is 0 Å². The summed E-state index contributed by atoms with van der Waals surface area (Å²) in [5.41, 5.74) is 0. The zero-order chi connectivity index (χ0) is 27.9. The minimum absolute atomic E-state index is 0.00250. The third-order valence-electron chi connectivity index (χ3n) is 8.94. The van der Waals surface area contributed by atoms with Crippen molar-refractivity contribution in [3.8, 4) is 0 Å². The van der Waals surface area contributed by atoms with Gasteiger partial charge >= 0.3 is 8.56 Å². The van der Waals surface area contributed by atoms with Crippen LogP contribution in [0.2, 0.25) is 50.9 Å². The fourth-order valence-corrected chi connectivity index (χ4v) is 17.3. The normalized spacial score (nSPS) is 20.6. The molecular formula is C26H62O5Si4.